The summed E-state index contributed by atoms with van der Waals surface area (Å²) < 4.78 is 6.71. The first-order valence-electron chi connectivity index (χ1n) is 9.04. The number of rotatable bonds is 3. The van der Waals surface area contributed by atoms with E-state index in [1.54, 1.807) is 31.3 Å². The summed E-state index contributed by atoms with van der Waals surface area (Å²) in [6, 6.07) is 9.20. The van der Waals surface area contributed by atoms with Crippen molar-refractivity contribution in [3.8, 4) is 5.75 Å². The predicted molar refractivity (Wildman–Crippen MR) is 103 cm³/mol. The Kier molecular flexibility index (Phi) is 4.68. The molecule has 28 heavy (non-hydrogen) atoms. The highest BCUT2D eigenvalue weighted by Crippen LogP contribution is 2.39. The number of methoxy groups -OCH3 is 1. The van der Waals surface area contributed by atoms with Crippen molar-refractivity contribution in [1.82, 2.24) is 24.4 Å². The molecule has 0 spiro atoms. The number of carbonyl (C=O) groups excluding carboxylic acids is 1. The Morgan fingerprint density at radius 1 is 1.21 bits per heavy atom. The number of benzene rings is 1. The molecule has 8 heteroatoms. The molecule has 1 amide bonds. The number of H-pyrrole nitrogens is 1. The van der Waals surface area contributed by atoms with Crippen LogP contribution in [0.5, 0.6) is 5.75 Å². The van der Waals surface area contributed by atoms with Gasteiger partial charge in [-0.2, -0.15) is 0 Å². The van der Waals surface area contributed by atoms with Crippen LogP contribution < -0.4 is 10.3 Å². The second kappa shape index (κ2) is 7.30. The molecular weight excluding hydrogens is 358 g/mol. The van der Waals surface area contributed by atoms with Crippen molar-refractivity contribution < 1.29 is 9.53 Å². The van der Waals surface area contributed by atoms with E-state index in [4.69, 9.17) is 4.74 Å². The molecule has 1 fully saturated rings. The minimum absolute atomic E-state index is 0.0204. The summed E-state index contributed by atoms with van der Waals surface area (Å²) >= 11 is 0. The number of imidazole rings is 1. The van der Waals surface area contributed by atoms with Crippen molar-refractivity contribution in [3.05, 3.63) is 76.5 Å². The number of amides is 1. The van der Waals surface area contributed by atoms with Crippen LogP contribution in [0.25, 0.3) is 0 Å². The molecule has 4 rings (SSSR count). The number of aromatic nitrogens is 4. The normalized spacial score (nSPS) is 19.0. The third-order valence-corrected chi connectivity index (χ3v) is 5.12. The summed E-state index contributed by atoms with van der Waals surface area (Å²) in [6.07, 6.45) is 4.70. The lowest BCUT2D eigenvalue weighted by atomic mass is 9.86. The van der Waals surface area contributed by atoms with Crippen LogP contribution in [0.15, 0.2) is 53.8 Å². The molecule has 0 bridgehead atoms. The third-order valence-electron chi connectivity index (χ3n) is 5.12. The minimum atomic E-state index is -0.185. The van der Waals surface area contributed by atoms with Crippen LogP contribution in [0, 0.1) is 6.92 Å². The highest BCUT2D eigenvalue weighted by molar-refractivity contribution is 5.77. The second-order valence-corrected chi connectivity index (χ2v) is 6.90. The Hall–Kier alpha value is -3.42. The predicted octanol–water partition coefficient (Wildman–Crippen LogP) is 2.13. The van der Waals surface area contributed by atoms with E-state index in [0.29, 0.717) is 24.6 Å². The molecule has 3 aromatic rings. The van der Waals surface area contributed by atoms with Crippen LogP contribution in [0.3, 0.4) is 0 Å². The topological polar surface area (TPSA) is 93.1 Å². The molecule has 1 aliphatic heterocycles. The molecule has 2 atom stereocenters. The van der Waals surface area contributed by atoms with Crippen molar-refractivity contribution in [1.29, 1.82) is 0 Å². The maximum Gasteiger partial charge on any atom is 0.329 e. The molecule has 1 aromatic carbocycles. The van der Waals surface area contributed by atoms with E-state index in [1.807, 2.05) is 24.3 Å². The van der Waals surface area contributed by atoms with Crippen molar-refractivity contribution in [3.63, 3.8) is 0 Å². The number of ether oxygens (including phenoxy) is 1. The van der Waals surface area contributed by atoms with Crippen LogP contribution in [-0.2, 0) is 0 Å². The summed E-state index contributed by atoms with van der Waals surface area (Å²) in [7, 11) is 1.63. The highest BCUT2D eigenvalue weighted by atomic mass is 16.5. The fourth-order valence-corrected chi connectivity index (χ4v) is 3.78. The monoisotopic (exact) mass is 379 g/mol. The first kappa shape index (κ1) is 18.0. The lowest BCUT2D eigenvalue weighted by Gasteiger charge is -2.18. The molecular formula is C20H21N5O3. The van der Waals surface area contributed by atoms with E-state index >= 15 is 0 Å². The van der Waals surface area contributed by atoms with E-state index in [2.05, 4.69) is 15.0 Å². The number of carbonyl (C=O) groups is 1. The zero-order valence-corrected chi connectivity index (χ0v) is 15.7. The van der Waals surface area contributed by atoms with Crippen molar-refractivity contribution in [2.24, 2.45) is 0 Å². The van der Waals surface area contributed by atoms with Gasteiger partial charge in [-0.3, -0.25) is 9.36 Å². The van der Waals surface area contributed by atoms with Gasteiger partial charge < -0.3 is 14.6 Å². The molecule has 8 nitrogen and oxygen atoms in total. The van der Waals surface area contributed by atoms with Crippen LogP contribution in [0.2, 0.25) is 0 Å². The van der Waals surface area contributed by atoms with E-state index in [1.165, 1.54) is 17.0 Å². The number of aromatic amines is 1. The van der Waals surface area contributed by atoms with Crippen LogP contribution in [0.4, 0.5) is 4.79 Å². The molecule has 0 saturated carbocycles. The smallest absolute Gasteiger partial charge is 0.329 e. The number of hydrogen-bond acceptors (Lipinski definition) is 5. The number of hydrogen-bond donors (Lipinski definition) is 1. The maximum absolute atomic E-state index is 12.8. The average molecular weight is 379 g/mol. The quantitative estimate of drug-likeness (QED) is 0.753. The van der Waals surface area contributed by atoms with Crippen LogP contribution >= 0.6 is 0 Å². The van der Waals surface area contributed by atoms with Gasteiger partial charge >= 0.3 is 6.03 Å². The summed E-state index contributed by atoms with van der Waals surface area (Å²) in [5.74, 6) is 1.28. The molecule has 0 aliphatic carbocycles. The fraction of sp³-hybridized carbons (Fsp3) is 0.300. The lowest BCUT2D eigenvalue weighted by molar-refractivity contribution is 0.209. The largest absolute Gasteiger partial charge is 0.497 e. The van der Waals surface area contributed by atoms with Gasteiger partial charge in [0.05, 0.1) is 12.8 Å². The van der Waals surface area contributed by atoms with Crippen molar-refractivity contribution in [2.45, 2.75) is 18.8 Å². The summed E-state index contributed by atoms with van der Waals surface area (Å²) in [5.41, 5.74) is 1.59. The number of aryl methyl sites for hydroxylation is 1. The highest BCUT2D eigenvalue weighted by Gasteiger charge is 2.38. The molecule has 0 unspecified atom stereocenters. The summed E-state index contributed by atoms with van der Waals surface area (Å²) in [4.78, 5) is 37.8. The van der Waals surface area contributed by atoms with Crippen molar-refractivity contribution in [2.75, 3.05) is 20.2 Å². The Morgan fingerprint density at radius 2 is 1.96 bits per heavy atom. The molecule has 144 valence electrons. The van der Waals surface area contributed by atoms with E-state index in [-0.39, 0.29) is 23.4 Å². The lowest BCUT2D eigenvalue weighted by Crippen LogP contribution is -2.32. The molecule has 1 N–H and O–H groups in total. The van der Waals surface area contributed by atoms with Gasteiger partial charge in [0.2, 0.25) is 0 Å². The Bertz CT molecular complexity index is 1030. The molecule has 0 radical (unpaired) electrons. The number of nitrogens with zero attached hydrogens (tertiary/aromatic N) is 4. The van der Waals surface area contributed by atoms with Gasteiger partial charge in [0.25, 0.3) is 5.56 Å². The molecule has 1 saturated heterocycles. The second-order valence-electron chi connectivity index (χ2n) is 6.90. The standard InChI is InChI=1S/C20H21N5O3/c1-13-22-18(9-19(26)23-13)17-11-25(20(27)24-8-7-21-12-24)10-16(17)14-3-5-15(28-2)6-4-14/h3-9,12,16-17H,10-11H2,1-2H3,(H,22,23,26)/t16-,17+/m0/s1. The van der Waals surface area contributed by atoms with Crippen molar-refractivity contribution >= 4 is 6.03 Å². The molecule has 3 heterocycles. The van der Waals surface area contributed by atoms with Gasteiger partial charge in [-0.15, -0.1) is 0 Å². The fourth-order valence-electron chi connectivity index (χ4n) is 3.78. The van der Waals surface area contributed by atoms with Gasteiger partial charge in [-0.1, -0.05) is 12.1 Å². The van der Waals surface area contributed by atoms with E-state index in [9.17, 15) is 9.59 Å². The summed E-state index contributed by atoms with van der Waals surface area (Å²) in [6.45, 7) is 2.77. The Balaban J connectivity index is 1.70. The Morgan fingerprint density at radius 3 is 2.61 bits per heavy atom. The maximum atomic E-state index is 12.8. The van der Waals surface area contributed by atoms with Crippen LogP contribution in [-0.4, -0.2) is 50.6 Å². The summed E-state index contributed by atoms with van der Waals surface area (Å²) in [5, 5.41) is 0. The first-order chi connectivity index (χ1) is 13.5. The van der Waals surface area contributed by atoms with Gasteiger partial charge in [-0.05, 0) is 24.6 Å². The van der Waals surface area contributed by atoms with Gasteiger partial charge in [-0.25, -0.2) is 14.8 Å². The number of likely N-dealkylation sites (tertiary alicyclic amines) is 1. The zero-order valence-electron chi connectivity index (χ0n) is 15.7. The van der Waals surface area contributed by atoms with Gasteiger partial charge in [0, 0.05) is 43.4 Å². The van der Waals surface area contributed by atoms with Crippen LogP contribution in [0.1, 0.15) is 28.9 Å². The first-order valence-corrected chi connectivity index (χ1v) is 9.04. The van der Waals surface area contributed by atoms with E-state index in [0.717, 1.165) is 11.3 Å². The molecule has 1 aliphatic rings. The molecule has 2 aromatic heterocycles. The van der Waals surface area contributed by atoms with Gasteiger partial charge in [0.15, 0.2) is 0 Å². The minimum Gasteiger partial charge on any atom is -0.497 e. The Labute approximate surface area is 161 Å². The third kappa shape index (κ3) is 3.40. The SMILES string of the molecule is COc1ccc([C@@H]2CN(C(=O)n3ccnc3)C[C@H]2c2cc(=O)[nH]c(C)n2)cc1. The van der Waals surface area contributed by atoms with E-state index < -0.39 is 0 Å². The zero-order chi connectivity index (χ0) is 19.7. The average Bonchev–Trinajstić information content (AvgIpc) is 3.37. The number of nitrogens with one attached hydrogen (secondary N) is 1. The van der Waals surface area contributed by atoms with Gasteiger partial charge in [0.1, 0.15) is 17.9 Å².